The lowest BCUT2D eigenvalue weighted by atomic mass is 9.63. The van der Waals surface area contributed by atoms with E-state index in [-0.39, 0.29) is 21.7 Å². The predicted molar refractivity (Wildman–Crippen MR) is 281 cm³/mol. The van der Waals surface area contributed by atoms with E-state index in [0.717, 1.165) is 25.7 Å². The van der Waals surface area contributed by atoms with Crippen molar-refractivity contribution in [1.29, 1.82) is 0 Å². The molecule has 0 amide bonds. The van der Waals surface area contributed by atoms with Crippen LogP contribution in [0.4, 0.5) is 0 Å². The zero-order chi connectivity index (χ0) is 46.8. The molecule has 0 saturated heterocycles. The Morgan fingerprint density at radius 1 is 0.413 bits per heavy atom. The lowest BCUT2D eigenvalue weighted by molar-refractivity contribution is 0.176. The third-order valence-corrected chi connectivity index (χ3v) is 14.0. The summed E-state index contributed by atoms with van der Waals surface area (Å²) in [7, 11) is 0. The van der Waals surface area contributed by atoms with E-state index < -0.39 is 0 Å². The van der Waals surface area contributed by atoms with Crippen LogP contribution in [0.5, 0.6) is 0 Å². The number of aryl methyl sites for hydroxylation is 9. The second-order valence-electron chi connectivity index (χ2n) is 23.9. The molecule has 0 N–H and O–H groups in total. The first kappa shape index (κ1) is 52.2. The summed E-state index contributed by atoms with van der Waals surface area (Å²) in [4.78, 5) is 0. The maximum absolute atomic E-state index is 3.75. The SMILES string of the molecule is C=CCCCCCCc1ccc2c(c1)CC2.CC.CC(C)(C)C(c1ccc2c(c1)CCc1ccc(C(C(C)(C)C)C(C)(C)C)cc1CC2)C(C)(C)C.CC(C)c1ccc2c(c1)CC2. The zero-order valence-corrected chi connectivity index (χ0v) is 43.8. The van der Waals surface area contributed by atoms with Crippen LogP contribution in [0.2, 0.25) is 0 Å². The molecule has 0 fully saturated rings. The average molecular weight is 851 g/mol. The van der Waals surface area contributed by atoms with Crippen LogP contribution in [0.15, 0.2) is 85.5 Å². The van der Waals surface area contributed by atoms with Crippen molar-refractivity contribution in [2.45, 2.75) is 218 Å². The molecule has 0 nitrogen and oxygen atoms in total. The van der Waals surface area contributed by atoms with Crippen LogP contribution in [-0.2, 0) is 57.8 Å². The van der Waals surface area contributed by atoms with Crippen LogP contribution in [0, 0.1) is 21.7 Å². The van der Waals surface area contributed by atoms with Crippen LogP contribution in [0.1, 0.15) is 227 Å². The van der Waals surface area contributed by atoms with Gasteiger partial charge in [0.1, 0.15) is 0 Å². The van der Waals surface area contributed by atoms with Crippen LogP contribution in [0.3, 0.4) is 0 Å². The largest absolute Gasteiger partial charge is 0.103 e. The Hall–Kier alpha value is -3.38. The van der Waals surface area contributed by atoms with Crippen LogP contribution < -0.4 is 0 Å². The Morgan fingerprint density at radius 3 is 1.08 bits per heavy atom. The first-order valence-electron chi connectivity index (χ1n) is 25.6. The Morgan fingerprint density at radius 2 is 0.730 bits per heavy atom. The molecule has 0 atom stereocenters. The van der Waals surface area contributed by atoms with Crippen molar-refractivity contribution < 1.29 is 0 Å². The second-order valence-corrected chi connectivity index (χ2v) is 23.9. The molecule has 4 aromatic carbocycles. The molecule has 3 aliphatic rings. The average Bonchev–Trinajstić information content (AvgIpc) is 3.15. The third-order valence-electron chi connectivity index (χ3n) is 14.0. The maximum atomic E-state index is 3.75. The van der Waals surface area contributed by atoms with Crippen molar-refractivity contribution in [3.8, 4) is 0 Å². The number of fused-ring (bicyclic) bond motifs is 4. The molecule has 3 aliphatic carbocycles. The first-order chi connectivity index (χ1) is 29.6. The van der Waals surface area contributed by atoms with E-state index in [1.807, 2.05) is 19.9 Å². The first-order valence-corrected chi connectivity index (χ1v) is 25.6. The number of unbranched alkanes of at least 4 members (excludes halogenated alkanes) is 4. The van der Waals surface area contributed by atoms with Crippen molar-refractivity contribution in [3.63, 3.8) is 0 Å². The minimum Gasteiger partial charge on any atom is -0.103 e. The molecule has 0 aliphatic heterocycles. The molecule has 0 heterocycles. The quantitative estimate of drug-likeness (QED) is 0.110. The van der Waals surface area contributed by atoms with E-state index in [0.29, 0.717) is 17.8 Å². The van der Waals surface area contributed by atoms with E-state index in [2.05, 4.69) is 176 Å². The summed E-state index contributed by atoms with van der Waals surface area (Å²) >= 11 is 0. The molecular weight excluding hydrogens is 757 g/mol. The number of hydrogen-bond acceptors (Lipinski definition) is 0. The van der Waals surface area contributed by atoms with E-state index >= 15 is 0 Å². The highest BCUT2D eigenvalue weighted by Crippen LogP contribution is 2.49. The van der Waals surface area contributed by atoms with E-state index in [9.17, 15) is 0 Å². The van der Waals surface area contributed by atoms with Gasteiger partial charge in [0.05, 0.1) is 0 Å². The molecular formula is C63H94. The molecule has 63 heavy (non-hydrogen) atoms. The molecule has 0 bridgehead atoms. The van der Waals surface area contributed by atoms with Gasteiger partial charge in [0.2, 0.25) is 0 Å². The van der Waals surface area contributed by atoms with Crippen molar-refractivity contribution >= 4 is 0 Å². The van der Waals surface area contributed by atoms with Gasteiger partial charge in [-0.3, -0.25) is 0 Å². The summed E-state index contributed by atoms with van der Waals surface area (Å²) in [6.07, 6.45) is 19.7. The van der Waals surface area contributed by atoms with Crippen LogP contribution in [-0.4, -0.2) is 0 Å². The van der Waals surface area contributed by atoms with Crippen LogP contribution >= 0.6 is 0 Å². The summed E-state index contributed by atoms with van der Waals surface area (Å²) in [6.45, 7) is 41.0. The lowest BCUT2D eigenvalue weighted by Crippen LogP contribution is -2.30. The number of benzene rings is 4. The number of allylic oxidation sites excluding steroid dienone is 1. The fourth-order valence-electron chi connectivity index (χ4n) is 11.7. The summed E-state index contributed by atoms with van der Waals surface area (Å²) < 4.78 is 0. The molecule has 0 spiro atoms. The summed E-state index contributed by atoms with van der Waals surface area (Å²) in [5.74, 6) is 1.76. The topological polar surface area (TPSA) is 0 Å². The molecule has 4 aromatic rings. The van der Waals surface area contributed by atoms with Gasteiger partial charge >= 0.3 is 0 Å². The van der Waals surface area contributed by atoms with Crippen molar-refractivity contribution in [3.05, 3.63) is 152 Å². The highest BCUT2D eigenvalue weighted by atomic mass is 14.4. The molecule has 0 saturated carbocycles. The Bertz CT molecular complexity index is 1930. The van der Waals surface area contributed by atoms with Crippen molar-refractivity contribution in [2.75, 3.05) is 0 Å². The predicted octanol–water partition coefficient (Wildman–Crippen LogP) is 18.3. The fraction of sp³-hybridized carbons (Fsp3) is 0.587. The summed E-state index contributed by atoms with van der Waals surface area (Å²) in [6, 6.07) is 28.9. The monoisotopic (exact) mass is 851 g/mol. The van der Waals surface area contributed by atoms with Gasteiger partial charge in [0, 0.05) is 0 Å². The van der Waals surface area contributed by atoms with Gasteiger partial charge in [0.15, 0.2) is 0 Å². The van der Waals surface area contributed by atoms with Gasteiger partial charge in [-0.25, -0.2) is 0 Å². The smallest absolute Gasteiger partial charge is 0.00645 e. The van der Waals surface area contributed by atoms with Gasteiger partial charge in [0.25, 0.3) is 0 Å². The van der Waals surface area contributed by atoms with E-state index in [1.165, 1.54) is 80.9 Å². The van der Waals surface area contributed by atoms with Crippen molar-refractivity contribution in [1.82, 2.24) is 0 Å². The fourth-order valence-corrected chi connectivity index (χ4v) is 11.7. The molecule has 7 rings (SSSR count). The van der Waals surface area contributed by atoms with Gasteiger partial charge < -0.3 is 0 Å². The second kappa shape index (κ2) is 22.7. The maximum Gasteiger partial charge on any atom is -0.00645 e. The zero-order valence-electron chi connectivity index (χ0n) is 43.8. The summed E-state index contributed by atoms with van der Waals surface area (Å²) in [5.41, 5.74) is 19.6. The Labute approximate surface area is 390 Å². The van der Waals surface area contributed by atoms with Crippen molar-refractivity contribution in [2.24, 2.45) is 21.7 Å². The van der Waals surface area contributed by atoms with Gasteiger partial charge in [-0.1, -0.05) is 202 Å². The standard InChI is InChI=1S/C34H52.C16H22.C11H14.C2H6/c1-31(2,3)29(32(4,5)6)27-19-15-23-14-18-26-22-28(30(33(7,8)9)34(10,11)12)20-16-24(26)13-17-25(23)21-27;1-2-3-4-5-6-7-8-14-9-10-15-11-12-16(15)13-14;1-8(2)10-5-3-9-4-6-11(9)7-10;1-2/h15-16,19-22,29-30H,13-14,17-18H2,1-12H3;2,9-10,13H,1,3-8,11-12H2;3,5,7-8H,4,6H2,1-2H3;1-2H3. The molecule has 0 radical (unpaired) electrons. The minimum absolute atomic E-state index is 0.244. The molecule has 346 valence electrons. The Balaban J connectivity index is 0.000000244. The molecule has 0 aromatic heterocycles. The van der Waals surface area contributed by atoms with Crippen LogP contribution in [0.25, 0.3) is 0 Å². The lowest BCUT2D eigenvalue weighted by Gasteiger charge is -2.42. The van der Waals surface area contributed by atoms with E-state index in [1.54, 1.807) is 50.1 Å². The molecule has 0 heteroatoms. The Kier molecular flexibility index (Phi) is 18.8. The highest BCUT2D eigenvalue weighted by Gasteiger charge is 2.37. The summed E-state index contributed by atoms with van der Waals surface area (Å²) in [5, 5.41) is 0. The van der Waals surface area contributed by atoms with Gasteiger partial charge in [-0.2, -0.15) is 0 Å². The third kappa shape index (κ3) is 14.8. The van der Waals surface area contributed by atoms with E-state index in [4.69, 9.17) is 0 Å². The number of rotatable bonds is 10. The van der Waals surface area contributed by atoms with Gasteiger partial charge in [-0.15, -0.1) is 6.58 Å². The molecule has 0 unspecified atom stereocenters. The minimum atomic E-state index is 0.244. The highest BCUT2D eigenvalue weighted by molar-refractivity contribution is 5.43. The normalized spacial score (nSPS) is 14.4. The number of hydrogen-bond donors (Lipinski definition) is 0. The van der Waals surface area contributed by atoms with Gasteiger partial charge in [-0.05, 0) is 183 Å².